The van der Waals surface area contributed by atoms with Crippen molar-refractivity contribution in [3.05, 3.63) is 35.1 Å². The molecule has 12 heteroatoms. The van der Waals surface area contributed by atoms with Crippen LogP contribution in [-0.2, 0) is 21.4 Å². The molecule has 0 aliphatic carbocycles. The maximum absolute atomic E-state index is 12.3. The summed E-state index contributed by atoms with van der Waals surface area (Å²) in [6, 6.07) is 2.92. The summed E-state index contributed by atoms with van der Waals surface area (Å²) in [6.45, 7) is 1.16. The first-order valence-electron chi connectivity index (χ1n) is 8.50. The fourth-order valence-electron chi connectivity index (χ4n) is 2.93. The molecule has 1 fully saturated rings. The third-order valence-electron chi connectivity index (χ3n) is 4.42. The Labute approximate surface area is 156 Å². The molecule has 1 amide bonds. The highest BCUT2D eigenvalue weighted by atomic mass is 32.2. The van der Waals surface area contributed by atoms with Gasteiger partial charge in [-0.25, -0.2) is 27.1 Å². The molecule has 0 atom stereocenters. The molecule has 0 radical (unpaired) electrons. The minimum absolute atomic E-state index is 0.136. The topological polar surface area (TPSA) is 132 Å². The fraction of sp³-hybridized carbons (Fsp3) is 0.533. The largest absolute Gasteiger partial charge is 0.354 e. The Morgan fingerprint density at radius 3 is 2.67 bits per heavy atom. The summed E-state index contributed by atoms with van der Waals surface area (Å²) >= 11 is 0. The van der Waals surface area contributed by atoms with Crippen molar-refractivity contribution in [3.8, 4) is 5.82 Å². The Kier molecular flexibility index (Phi) is 5.65. The van der Waals surface area contributed by atoms with Crippen LogP contribution in [0.4, 0.5) is 0 Å². The molecule has 2 aromatic rings. The van der Waals surface area contributed by atoms with E-state index in [0.29, 0.717) is 31.7 Å². The van der Waals surface area contributed by atoms with Gasteiger partial charge in [-0.05, 0) is 18.9 Å². The lowest BCUT2D eigenvalue weighted by Crippen LogP contribution is -2.43. The molecule has 3 heterocycles. The lowest BCUT2D eigenvalue weighted by atomic mass is 9.97. The van der Waals surface area contributed by atoms with E-state index in [9.17, 15) is 18.0 Å². The van der Waals surface area contributed by atoms with Crippen LogP contribution in [0.1, 0.15) is 12.8 Å². The second-order valence-corrected chi connectivity index (χ2v) is 8.30. The van der Waals surface area contributed by atoms with Crippen molar-refractivity contribution in [2.75, 3.05) is 25.9 Å². The maximum Gasteiger partial charge on any atom is 0.266 e. The van der Waals surface area contributed by atoms with E-state index in [1.165, 1.54) is 38.6 Å². The van der Waals surface area contributed by atoms with Crippen molar-refractivity contribution in [3.63, 3.8) is 0 Å². The minimum Gasteiger partial charge on any atom is -0.354 e. The molecule has 2 aromatic heterocycles. The molecular weight excluding hydrogens is 374 g/mol. The van der Waals surface area contributed by atoms with Crippen LogP contribution in [0.25, 0.3) is 5.82 Å². The van der Waals surface area contributed by atoms with E-state index in [1.54, 1.807) is 6.07 Å². The van der Waals surface area contributed by atoms with E-state index in [2.05, 4.69) is 20.5 Å². The van der Waals surface area contributed by atoms with E-state index >= 15 is 0 Å². The Hall–Kier alpha value is -2.60. The monoisotopic (exact) mass is 395 g/mol. The molecule has 11 nitrogen and oxygen atoms in total. The molecule has 0 bridgehead atoms. The predicted molar refractivity (Wildman–Crippen MR) is 95.6 cm³/mol. The summed E-state index contributed by atoms with van der Waals surface area (Å²) in [5.74, 6) is 0.0874. The molecular formula is C15H21N7O4S. The normalized spacial score (nSPS) is 16.3. The number of carbonyl (C=O) groups is 1. The zero-order valence-electron chi connectivity index (χ0n) is 14.9. The Balaban J connectivity index is 1.52. The second-order valence-electron chi connectivity index (χ2n) is 6.32. The third kappa shape index (κ3) is 4.77. The summed E-state index contributed by atoms with van der Waals surface area (Å²) in [5, 5.41) is 11.0. The number of rotatable bonds is 6. The second kappa shape index (κ2) is 7.96. The van der Waals surface area contributed by atoms with E-state index in [4.69, 9.17) is 0 Å². The Morgan fingerprint density at radius 2 is 2.04 bits per heavy atom. The van der Waals surface area contributed by atoms with Gasteiger partial charge in [0.15, 0.2) is 5.82 Å². The predicted octanol–water partition coefficient (Wildman–Crippen LogP) is -1.39. The van der Waals surface area contributed by atoms with Crippen LogP contribution in [0, 0.1) is 5.92 Å². The summed E-state index contributed by atoms with van der Waals surface area (Å²) in [6.07, 6.45) is 4.98. The number of sulfonamides is 1. The molecule has 0 aromatic carbocycles. The highest BCUT2D eigenvalue weighted by Gasteiger charge is 2.28. The van der Waals surface area contributed by atoms with Gasteiger partial charge in [0, 0.05) is 31.6 Å². The minimum atomic E-state index is -3.21. The van der Waals surface area contributed by atoms with Crippen molar-refractivity contribution in [2.24, 2.45) is 5.92 Å². The molecule has 146 valence electrons. The summed E-state index contributed by atoms with van der Waals surface area (Å²) < 4.78 is 27.1. The number of amides is 1. The van der Waals surface area contributed by atoms with E-state index < -0.39 is 10.0 Å². The summed E-state index contributed by atoms with van der Waals surface area (Å²) in [7, 11) is -3.21. The number of nitrogens with one attached hydrogen (secondary N) is 1. The van der Waals surface area contributed by atoms with Gasteiger partial charge in [-0.2, -0.15) is 5.10 Å². The molecule has 1 saturated heterocycles. The van der Waals surface area contributed by atoms with E-state index in [-0.39, 0.29) is 30.5 Å². The molecule has 0 saturated carbocycles. The van der Waals surface area contributed by atoms with Crippen LogP contribution in [0.15, 0.2) is 29.6 Å². The van der Waals surface area contributed by atoms with Gasteiger partial charge in [0.05, 0.1) is 12.8 Å². The molecule has 1 aliphatic heterocycles. The molecule has 27 heavy (non-hydrogen) atoms. The average Bonchev–Trinajstić information content (AvgIpc) is 3.17. The van der Waals surface area contributed by atoms with Gasteiger partial charge in [-0.15, -0.1) is 5.10 Å². The van der Waals surface area contributed by atoms with Crippen molar-refractivity contribution in [1.82, 2.24) is 34.2 Å². The lowest BCUT2D eigenvalue weighted by Gasteiger charge is -2.29. The number of hydrogen-bond acceptors (Lipinski definition) is 7. The van der Waals surface area contributed by atoms with Crippen LogP contribution in [0.2, 0.25) is 0 Å². The van der Waals surface area contributed by atoms with Crippen LogP contribution in [0.3, 0.4) is 0 Å². The smallest absolute Gasteiger partial charge is 0.266 e. The van der Waals surface area contributed by atoms with Gasteiger partial charge in [0.2, 0.25) is 15.9 Å². The van der Waals surface area contributed by atoms with Gasteiger partial charge in [-0.1, -0.05) is 0 Å². The van der Waals surface area contributed by atoms with Crippen molar-refractivity contribution >= 4 is 15.9 Å². The van der Waals surface area contributed by atoms with Crippen molar-refractivity contribution < 1.29 is 13.2 Å². The number of hydrogen-bond donors (Lipinski definition) is 1. The molecule has 1 aliphatic rings. The van der Waals surface area contributed by atoms with E-state index in [1.807, 2.05) is 0 Å². The molecule has 0 unspecified atom stereocenters. The van der Waals surface area contributed by atoms with Crippen LogP contribution >= 0.6 is 0 Å². The zero-order chi connectivity index (χ0) is 19.4. The molecule has 3 rings (SSSR count). The van der Waals surface area contributed by atoms with Crippen LogP contribution in [-0.4, -0.2) is 69.1 Å². The maximum atomic E-state index is 12.3. The van der Waals surface area contributed by atoms with Crippen molar-refractivity contribution in [1.29, 1.82) is 0 Å². The highest BCUT2D eigenvalue weighted by Crippen LogP contribution is 2.19. The third-order valence-corrected chi connectivity index (χ3v) is 5.73. The SMILES string of the molecule is CS(=O)(=O)N1CCC(C(=O)NCCn2nc(-n3cncn3)ccc2=O)CC1. The van der Waals surface area contributed by atoms with E-state index in [0.717, 1.165) is 0 Å². The van der Waals surface area contributed by atoms with Crippen molar-refractivity contribution in [2.45, 2.75) is 19.4 Å². The van der Waals surface area contributed by atoms with Gasteiger partial charge in [0.1, 0.15) is 12.7 Å². The van der Waals surface area contributed by atoms with Crippen LogP contribution in [0.5, 0.6) is 0 Å². The Morgan fingerprint density at radius 1 is 1.30 bits per heavy atom. The van der Waals surface area contributed by atoms with Gasteiger partial charge >= 0.3 is 0 Å². The fourth-order valence-corrected chi connectivity index (χ4v) is 3.80. The van der Waals surface area contributed by atoms with Gasteiger partial charge in [-0.3, -0.25) is 9.59 Å². The van der Waals surface area contributed by atoms with Gasteiger partial charge < -0.3 is 5.32 Å². The number of carbonyl (C=O) groups excluding carboxylic acids is 1. The standard InChI is InChI=1S/C15H21N7O4S/c1-27(25,26)20-7-4-12(5-8-20)15(24)17-6-9-21-14(23)3-2-13(19-21)22-11-16-10-18-22/h2-3,10-12H,4-9H2,1H3,(H,17,24). The summed E-state index contributed by atoms with van der Waals surface area (Å²) in [5.41, 5.74) is -0.283. The molecule has 1 N–H and O–H groups in total. The molecule has 0 spiro atoms. The zero-order valence-corrected chi connectivity index (χ0v) is 15.7. The number of aromatic nitrogens is 5. The van der Waals surface area contributed by atoms with Crippen LogP contribution < -0.4 is 10.9 Å². The number of nitrogens with zero attached hydrogens (tertiary/aromatic N) is 6. The lowest BCUT2D eigenvalue weighted by molar-refractivity contribution is -0.126. The first-order chi connectivity index (χ1) is 12.8. The number of piperidine rings is 1. The highest BCUT2D eigenvalue weighted by molar-refractivity contribution is 7.88. The quantitative estimate of drug-likeness (QED) is 0.637. The Bertz CT molecular complexity index is 947. The van der Waals surface area contributed by atoms with Gasteiger partial charge in [0.25, 0.3) is 5.56 Å². The average molecular weight is 395 g/mol. The first-order valence-corrected chi connectivity index (χ1v) is 10.4. The first kappa shape index (κ1) is 19.2. The summed E-state index contributed by atoms with van der Waals surface area (Å²) in [4.78, 5) is 28.0.